The molecule has 1 aliphatic rings. The molecule has 5 atom stereocenters. The van der Waals surface area contributed by atoms with E-state index < -0.39 is 75.5 Å². The van der Waals surface area contributed by atoms with E-state index >= 15 is 0 Å². The van der Waals surface area contributed by atoms with Crippen LogP contribution in [0.15, 0.2) is 58.3 Å². The summed E-state index contributed by atoms with van der Waals surface area (Å²) in [5, 5.41) is 0. The van der Waals surface area contributed by atoms with Crippen LogP contribution in [0.4, 0.5) is 0 Å². The Hall–Kier alpha value is -3.37. The van der Waals surface area contributed by atoms with Gasteiger partial charge < -0.3 is 18.9 Å². The van der Waals surface area contributed by atoms with Gasteiger partial charge in [0.15, 0.2) is 18.3 Å². The van der Waals surface area contributed by atoms with Crippen LogP contribution in [0.5, 0.6) is 0 Å². The second-order valence-electron chi connectivity index (χ2n) is 9.19. The lowest BCUT2D eigenvalue weighted by molar-refractivity contribution is -0.278. The minimum absolute atomic E-state index is 0.297. The van der Waals surface area contributed by atoms with Crippen molar-refractivity contribution in [1.82, 2.24) is 0 Å². The van der Waals surface area contributed by atoms with E-state index in [9.17, 15) is 31.2 Å². The summed E-state index contributed by atoms with van der Waals surface area (Å²) in [5.41, 5.74) is 1.50. The van der Waals surface area contributed by atoms with Gasteiger partial charge in [0.25, 0.3) is 20.2 Å². The van der Waals surface area contributed by atoms with E-state index in [0.717, 1.165) is 31.9 Å². The average molecular weight is 615 g/mol. The van der Waals surface area contributed by atoms with Crippen molar-refractivity contribution in [3.05, 3.63) is 59.7 Å². The number of carbonyl (C=O) groups is 3. The van der Waals surface area contributed by atoms with Crippen LogP contribution in [0.3, 0.4) is 0 Å². The molecule has 224 valence electrons. The fourth-order valence-electron chi connectivity index (χ4n) is 3.84. The highest BCUT2D eigenvalue weighted by Gasteiger charge is 2.54. The molecule has 0 spiro atoms. The minimum Gasteiger partial charge on any atom is -0.463 e. The van der Waals surface area contributed by atoms with E-state index in [2.05, 4.69) is 0 Å². The van der Waals surface area contributed by atoms with Crippen LogP contribution in [-0.4, -0.2) is 72.1 Å². The van der Waals surface area contributed by atoms with Crippen molar-refractivity contribution < 1.29 is 58.5 Å². The lowest BCUT2D eigenvalue weighted by Gasteiger charge is -2.43. The summed E-state index contributed by atoms with van der Waals surface area (Å²) >= 11 is 0. The summed E-state index contributed by atoms with van der Waals surface area (Å²) in [6, 6.07) is 11.0. The summed E-state index contributed by atoms with van der Waals surface area (Å²) in [6.07, 6.45) is -8.95. The summed E-state index contributed by atoms with van der Waals surface area (Å²) in [6.45, 7) is 5.97. The molecule has 0 amide bonds. The molecule has 0 aliphatic carbocycles. The van der Waals surface area contributed by atoms with Gasteiger partial charge in [-0.25, -0.2) is 4.18 Å². The monoisotopic (exact) mass is 614 g/mol. The number of carbonyl (C=O) groups excluding carboxylic acids is 3. The van der Waals surface area contributed by atoms with Crippen LogP contribution in [0, 0.1) is 13.8 Å². The number of aryl methyl sites for hydroxylation is 2. The fourth-order valence-corrected chi connectivity index (χ4v) is 5.90. The lowest BCUT2D eigenvalue weighted by atomic mass is 9.98. The van der Waals surface area contributed by atoms with Crippen LogP contribution in [0.2, 0.25) is 0 Å². The summed E-state index contributed by atoms with van der Waals surface area (Å²) in [5.74, 6) is -2.61. The van der Waals surface area contributed by atoms with Crippen molar-refractivity contribution in [1.29, 1.82) is 0 Å². The van der Waals surface area contributed by atoms with Gasteiger partial charge in [0.2, 0.25) is 6.29 Å². The maximum absolute atomic E-state index is 13.3. The van der Waals surface area contributed by atoms with Gasteiger partial charge in [-0.1, -0.05) is 35.4 Å². The van der Waals surface area contributed by atoms with Crippen LogP contribution >= 0.6 is 0 Å². The molecule has 1 heterocycles. The number of benzene rings is 2. The predicted octanol–water partition coefficient (Wildman–Crippen LogP) is 1.93. The molecule has 41 heavy (non-hydrogen) atoms. The van der Waals surface area contributed by atoms with Crippen molar-refractivity contribution in [2.24, 2.45) is 0 Å². The van der Waals surface area contributed by atoms with E-state index in [-0.39, 0.29) is 9.79 Å². The fraction of sp³-hybridized carbons (Fsp3) is 0.423. The molecule has 0 aromatic heterocycles. The maximum atomic E-state index is 13.3. The lowest BCUT2D eigenvalue weighted by Crippen LogP contribution is -2.63. The van der Waals surface area contributed by atoms with Gasteiger partial charge in [-0.3, -0.25) is 18.6 Å². The standard InChI is InChI=1S/C26H30O13S2/c1-15-6-10-20(11-7-15)40(30,31)38-25-24(36-19(5)29)23(35-18(4)28)22(14-34-17(3)27)37-26(25)39-41(32,33)21-12-8-16(2)9-13-21/h6-13,22-26H,14H2,1-5H3/t22-,23-,24+,25+,26+/m1/s1. The molecule has 0 unspecified atom stereocenters. The quantitative estimate of drug-likeness (QED) is 0.216. The molecule has 2 aromatic rings. The molecule has 3 rings (SSSR count). The first-order chi connectivity index (χ1) is 19.1. The molecule has 0 bridgehead atoms. The summed E-state index contributed by atoms with van der Waals surface area (Å²) in [4.78, 5) is 35.0. The topological polar surface area (TPSA) is 175 Å². The first kappa shape index (κ1) is 32.1. The molecule has 0 saturated carbocycles. The smallest absolute Gasteiger partial charge is 0.303 e. The third kappa shape index (κ3) is 8.56. The second kappa shape index (κ2) is 13.1. The predicted molar refractivity (Wildman–Crippen MR) is 139 cm³/mol. The van der Waals surface area contributed by atoms with Gasteiger partial charge in [-0.15, -0.1) is 0 Å². The molecule has 0 N–H and O–H groups in total. The van der Waals surface area contributed by atoms with Crippen molar-refractivity contribution in [2.75, 3.05) is 6.61 Å². The van der Waals surface area contributed by atoms with E-state index in [4.69, 9.17) is 27.3 Å². The molecule has 2 aromatic carbocycles. The van der Waals surface area contributed by atoms with E-state index in [1.165, 1.54) is 48.5 Å². The van der Waals surface area contributed by atoms with Gasteiger partial charge >= 0.3 is 17.9 Å². The average Bonchev–Trinajstić information content (AvgIpc) is 2.86. The molecular formula is C26H30O13S2. The van der Waals surface area contributed by atoms with Gasteiger partial charge in [-0.05, 0) is 38.1 Å². The maximum Gasteiger partial charge on any atom is 0.303 e. The summed E-state index contributed by atoms with van der Waals surface area (Å²) in [7, 11) is -9.31. The van der Waals surface area contributed by atoms with Crippen LogP contribution < -0.4 is 0 Å². The zero-order chi connectivity index (χ0) is 30.5. The Bertz CT molecular complexity index is 1470. The van der Waals surface area contributed by atoms with Crippen LogP contribution in [-0.2, 0) is 61.9 Å². The molecule has 1 saturated heterocycles. The van der Waals surface area contributed by atoms with Crippen LogP contribution in [0.1, 0.15) is 31.9 Å². The Labute approximate surface area is 237 Å². The van der Waals surface area contributed by atoms with Crippen molar-refractivity contribution in [2.45, 2.75) is 75.1 Å². The zero-order valence-corrected chi connectivity index (χ0v) is 24.5. The Morgan fingerprint density at radius 3 is 1.54 bits per heavy atom. The SMILES string of the molecule is CC(=O)OC[C@H]1O[C@@H](OS(=O)(=O)c2ccc(C)cc2)[C@@H](OS(=O)(=O)c2ccc(C)cc2)[C@@H](OC(C)=O)[C@@H]1OC(C)=O. The second-order valence-corrected chi connectivity index (χ2v) is 12.3. The number of rotatable bonds is 10. The van der Waals surface area contributed by atoms with Gasteiger partial charge in [0.05, 0.1) is 9.79 Å². The zero-order valence-electron chi connectivity index (χ0n) is 22.8. The first-order valence-corrected chi connectivity index (χ1v) is 15.0. The highest BCUT2D eigenvalue weighted by Crippen LogP contribution is 2.33. The van der Waals surface area contributed by atoms with E-state index in [1.54, 1.807) is 13.8 Å². The molecular weight excluding hydrogens is 584 g/mol. The Morgan fingerprint density at radius 2 is 1.10 bits per heavy atom. The molecule has 15 heteroatoms. The van der Waals surface area contributed by atoms with Gasteiger partial charge in [0, 0.05) is 20.8 Å². The summed E-state index contributed by atoms with van der Waals surface area (Å²) < 4.78 is 85.0. The number of hydrogen-bond donors (Lipinski definition) is 0. The molecule has 1 fully saturated rings. The van der Waals surface area contributed by atoms with Gasteiger partial charge in [-0.2, -0.15) is 16.8 Å². The minimum atomic E-state index is -4.67. The Kier molecular flexibility index (Phi) is 10.3. The number of esters is 3. The van der Waals surface area contributed by atoms with Crippen molar-refractivity contribution in [3.63, 3.8) is 0 Å². The number of ether oxygens (including phenoxy) is 4. The number of hydrogen-bond acceptors (Lipinski definition) is 13. The Balaban J connectivity index is 2.12. The molecule has 1 aliphatic heterocycles. The van der Waals surface area contributed by atoms with Crippen LogP contribution in [0.25, 0.3) is 0 Å². The highest BCUT2D eigenvalue weighted by atomic mass is 32.2. The Morgan fingerprint density at radius 1 is 0.659 bits per heavy atom. The van der Waals surface area contributed by atoms with E-state index in [0.29, 0.717) is 0 Å². The first-order valence-electron chi connectivity index (χ1n) is 12.2. The van der Waals surface area contributed by atoms with Crippen molar-refractivity contribution in [3.8, 4) is 0 Å². The largest absolute Gasteiger partial charge is 0.463 e. The molecule has 0 radical (unpaired) electrons. The van der Waals surface area contributed by atoms with E-state index in [1.807, 2.05) is 0 Å². The van der Waals surface area contributed by atoms with Crippen molar-refractivity contribution >= 4 is 38.1 Å². The normalized spacial score (nSPS) is 22.9. The highest BCUT2D eigenvalue weighted by molar-refractivity contribution is 7.87. The third-order valence-corrected chi connectivity index (χ3v) is 8.34. The van der Waals surface area contributed by atoms with Gasteiger partial charge in [0.1, 0.15) is 12.7 Å². The third-order valence-electron chi connectivity index (χ3n) is 5.72. The molecule has 13 nitrogen and oxygen atoms in total.